The Morgan fingerprint density at radius 3 is 2.77 bits per heavy atom. The highest BCUT2D eigenvalue weighted by Gasteiger charge is 2.11. The number of rotatable bonds is 3. The molecule has 0 bridgehead atoms. The average molecular weight is 293 g/mol. The number of esters is 1. The number of methoxy groups -OCH3 is 1. The van der Waals surface area contributed by atoms with E-state index in [-0.39, 0.29) is 5.97 Å². The molecular formula is C17H15N3O2. The molecule has 2 aromatic heterocycles. The Kier molecular flexibility index (Phi) is 3.70. The lowest BCUT2D eigenvalue weighted by atomic mass is 10.1. The minimum atomic E-state index is -0.360. The molecule has 0 aliphatic carbocycles. The second-order valence-electron chi connectivity index (χ2n) is 4.91. The average Bonchev–Trinajstić information content (AvgIpc) is 3.05. The van der Waals surface area contributed by atoms with E-state index in [1.807, 2.05) is 31.3 Å². The summed E-state index contributed by atoms with van der Waals surface area (Å²) in [6.45, 7) is 1.97. The number of carbonyl (C=O) groups is 1. The smallest absolute Gasteiger partial charge is 0.337 e. The maximum Gasteiger partial charge on any atom is 0.337 e. The summed E-state index contributed by atoms with van der Waals surface area (Å²) >= 11 is 0. The van der Waals surface area contributed by atoms with Crippen molar-refractivity contribution in [2.75, 3.05) is 7.11 Å². The molecule has 0 N–H and O–H groups in total. The highest BCUT2D eigenvalue weighted by Crippen LogP contribution is 2.21. The first kappa shape index (κ1) is 14.0. The van der Waals surface area contributed by atoms with E-state index < -0.39 is 0 Å². The number of aryl methyl sites for hydroxylation is 1. The molecule has 3 rings (SSSR count). The van der Waals surface area contributed by atoms with Gasteiger partial charge in [-0.2, -0.15) is 5.10 Å². The van der Waals surface area contributed by atoms with E-state index in [1.54, 1.807) is 35.4 Å². The van der Waals surface area contributed by atoms with Crippen molar-refractivity contribution < 1.29 is 9.53 Å². The molecule has 22 heavy (non-hydrogen) atoms. The quantitative estimate of drug-likeness (QED) is 0.696. The van der Waals surface area contributed by atoms with Crippen LogP contribution in [-0.4, -0.2) is 27.8 Å². The van der Waals surface area contributed by atoms with Crippen LogP contribution < -0.4 is 0 Å². The topological polar surface area (TPSA) is 57.0 Å². The van der Waals surface area contributed by atoms with E-state index in [0.29, 0.717) is 5.56 Å². The molecule has 0 fully saturated rings. The monoisotopic (exact) mass is 293 g/mol. The lowest BCUT2D eigenvalue weighted by Gasteiger charge is -2.08. The highest BCUT2D eigenvalue weighted by molar-refractivity contribution is 5.90. The Balaban J connectivity index is 2.01. The van der Waals surface area contributed by atoms with Crippen LogP contribution in [0.5, 0.6) is 0 Å². The number of benzene rings is 1. The molecular weight excluding hydrogens is 278 g/mol. The molecule has 0 unspecified atom stereocenters. The first-order chi connectivity index (χ1) is 10.7. The molecule has 0 amide bonds. The summed E-state index contributed by atoms with van der Waals surface area (Å²) in [6, 6.07) is 9.27. The maximum atomic E-state index is 11.7. The van der Waals surface area contributed by atoms with E-state index in [0.717, 1.165) is 22.4 Å². The van der Waals surface area contributed by atoms with Crippen molar-refractivity contribution in [1.82, 2.24) is 14.8 Å². The SMILES string of the molecule is COC(=O)c1ccc(C)c(-n2cc(-c3cccnc3)cn2)c1. The zero-order chi connectivity index (χ0) is 15.5. The first-order valence-corrected chi connectivity index (χ1v) is 6.83. The molecule has 5 heteroatoms. The zero-order valence-electron chi connectivity index (χ0n) is 12.4. The fourth-order valence-corrected chi connectivity index (χ4v) is 2.24. The molecule has 0 atom stereocenters. The van der Waals surface area contributed by atoms with Crippen LogP contribution in [0.1, 0.15) is 15.9 Å². The third-order valence-electron chi connectivity index (χ3n) is 3.45. The van der Waals surface area contributed by atoms with Gasteiger partial charge in [0.25, 0.3) is 0 Å². The third kappa shape index (κ3) is 2.61. The van der Waals surface area contributed by atoms with Crippen LogP contribution in [-0.2, 0) is 4.74 Å². The van der Waals surface area contributed by atoms with Gasteiger partial charge in [-0.05, 0) is 30.7 Å². The molecule has 0 spiro atoms. The van der Waals surface area contributed by atoms with E-state index in [2.05, 4.69) is 10.1 Å². The van der Waals surface area contributed by atoms with Crippen molar-refractivity contribution in [2.45, 2.75) is 6.92 Å². The number of hydrogen-bond acceptors (Lipinski definition) is 4. The van der Waals surface area contributed by atoms with Crippen molar-refractivity contribution in [3.05, 3.63) is 66.2 Å². The Hall–Kier alpha value is -2.95. The normalized spacial score (nSPS) is 10.5. The molecule has 0 radical (unpaired) electrons. The van der Waals surface area contributed by atoms with E-state index in [9.17, 15) is 4.79 Å². The van der Waals surface area contributed by atoms with Gasteiger partial charge in [-0.3, -0.25) is 4.98 Å². The molecule has 0 saturated heterocycles. The summed E-state index contributed by atoms with van der Waals surface area (Å²) in [7, 11) is 1.37. The highest BCUT2D eigenvalue weighted by atomic mass is 16.5. The summed E-state index contributed by atoms with van der Waals surface area (Å²) in [6.07, 6.45) is 7.22. The predicted octanol–water partition coefficient (Wildman–Crippen LogP) is 3.03. The van der Waals surface area contributed by atoms with Crippen molar-refractivity contribution >= 4 is 5.97 Å². The number of ether oxygens (including phenoxy) is 1. The van der Waals surface area contributed by atoms with Crippen molar-refractivity contribution in [2.24, 2.45) is 0 Å². The molecule has 1 aromatic carbocycles. The Bertz CT molecular complexity index is 810. The lowest BCUT2D eigenvalue weighted by molar-refractivity contribution is 0.0600. The van der Waals surface area contributed by atoms with Gasteiger partial charge in [0.1, 0.15) is 0 Å². The van der Waals surface area contributed by atoms with Crippen LogP contribution in [0.25, 0.3) is 16.8 Å². The Morgan fingerprint density at radius 2 is 2.05 bits per heavy atom. The summed E-state index contributed by atoms with van der Waals surface area (Å²) in [4.78, 5) is 15.8. The molecule has 0 saturated carbocycles. The minimum absolute atomic E-state index is 0.360. The number of pyridine rings is 1. The van der Waals surface area contributed by atoms with Gasteiger partial charge in [-0.25, -0.2) is 9.48 Å². The van der Waals surface area contributed by atoms with Crippen molar-refractivity contribution in [3.8, 4) is 16.8 Å². The van der Waals surface area contributed by atoms with Gasteiger partial charge in [-0.1, -0.05) is 12.1 Å². The molecule has 5 nitrogen and oxygen atoms in total. The van der Waals surface area contributed by atoms with Crippen molar-refractivity contribution in [1.29, 1.82) is 0 Å². The van der Waals surface area contributed by atoms with E-state index in [1.165, 1.54) is 7.11 Å². The van der Waals surface area contributed by atoms with Crippen LogP contribution in [0, 0.1) is 6.92 Å². The number of aromatic nitrogens is 3. The van der Waals surface area contributed by atoms with Crippen molar-refractivity contribution in [3.63, 3.8) is 0 Å². The number of hydrogen-bond donors (Lipinski definition) is 0. The van der Waals surface area contributed by atoms with Gasteiger partial charge in [0.2, 0.25) is 0 Å². The first-order valence-electron chi connectivity index (χ1n) is 6.83. The van der Waals surface area contributed by atoms with E-state index >= 15 is 0 Å². The molecule has 0 aliphatic rings. The van der Waals surface area contributed by atoms with Crippen LogP contribution in [0.4, 0.5) is 0 Å². The van der Waals surface area contributed by atoms with Gasteiger partial charge in [0, 0.05) is 29.7 Å². The maximum absolute atomic E-state index is 11.7. The number of nitrogens with zero attached hydrogens (tertiary/aromatic N) is 3. The summed E-state index contributed by atoms with van der Waals surface area (Å²) in [5.41, 5.74) is 4.33. The molecule has 0 aliphatic heterocycles. The fraction of sp³-hybridized carbons (Fsp3) is 0.118. The predicted molar refractivity (Wildman–Crippen MR) is 82.9 cm³/mol. The fourth-order valence-electron chi connectivity index (χ4n) is 2.24. The van der Waals surface area contributed by atoms with Crippen LogP contribution >= 0.6 is 0 Å². The second-order valence-corrected chi connectivity index (χ2v) is 4.91. The van der Waals surface area contributed by atoms with Crippen LogP contribution in [0.2, 0.25) is 0 Å². The summed E-state index contributed by atoms with van der Waals surface area (Å²) in [5.74, 6) is -0.360. The van der Waals surface area contributed by atoms with Gasteiger partial charge in [-0.15, -0.1) is 0 Å². The summed E-state index contributed by atoms with van der Waals surface area (Å²) < 4.78 is 6.52. The molecule has 3 aromatic rings. The number of carbonyl (C=O) groups excluding carboxylic acids is 1. The standard InChI is InChI=1S/C17H15N3O2/c1-12-5-6-13(17(21)22-2)8-16(12)20-11-15(10-19-20)14-4-3-7-18-9-14/h3-11H,1-2H3. The van der Waals surface area contributed by atoms with E-state index in [4.69, 9.17) is 4.74 Å². The minimum Gasteiger partial charge on any atom is -0.465 e. The van der Waals surface area contributed by atoms with Gasteiger partial charge in [0.05, 0.1) is 24.6 Å². The summed E-state index contributed by atoms with van der Waals surface area (Å²) in [5, 5.41) is 4.39. The second kappa shape index (κ2) is 5.81. The Morgan fingerprint density at radius 1 is 1.18 bits per heavy atom. The molecule has 2 heterocycles. The van der Waals surface area contributed by atoms with Crippen LogP contribution in [0.15, 0.2) is 55.1 Å². The van der Waals surface area contributed by atoms with Gasteiger partial charge in [0.15, 0.2) is 0 Å². The van der Waals surface area contributed by atoms with Gasteiger partial charge >= 0.3 is 5.97 Å². The van der Waals surface area contributed by atoms with Gasteiger partial charge < -0.3 is 4.74 Å². The largest absolute Gasteiger partial charge is 0.465 e. The Labute approximate surface area is 128 Å². The molecule has 110 valence electrons. The van der Waals surface area contributed by atoms with Crippen LogP contribution in [0.3, 0.4) is 0 Å². The third-order valence-corrected chi connectivity index (χ3v) is 3.45. The lowest BCUT2D eigenvalue weighted by Crippen LogP contribution is -2.04. The zero-order valence-corrected chi connectivity index (χ0v) is 12.4.